The normalized spacial score (nSPS) is 23.3. The lowest BCUT2D eigenvalue weighted by Gasteiger charge is -2.48. The highest BCUT2D eigenvalue weighted by molar-refractivity contribution is 5.76. The Morgan fingerprint density at radius 3 is 2.74 bits per heavy atom. The molecule has 0 spiro atoms. The molecule has 0 radical (unpaired) electrons. The van der Waals surface area contributed by atoms with Gasteiger partial charge in [0.05, 0.1) is 30.6 Å². The van der Waals surface area contributed by atoms with Crippen LogP contribution in [0.3, 0.4) is 0 Å². The molecular formula is C15H18N2O2. The molecule has 1 aliphatic carbocycles. The highest BCUT2D eigenvalue weighted by atomic mass is 16.5. The average molecular weight is 258 g/mol. The zero-order chi connectivity index (χ0) is 13.1. The predicted octanol–water partition coefficient (Wildman–Crippen LogP) is 1.61. The summed E-state index contributed by atoms with van der Waals surface area (Å²) in [6.07, 6.45) is 4.05. The van der Waals surface area contributed by atoms with Crippen molar-refractivity contribution in [1.82, 2.24) is 9.55 Å². The van der Waals surface area contributed by atoms with Crippen LogP contribution < -0.4 is 0 Å². The van der Waals surface area contributed by atoms with Crippen molar-refractivity contribution in [3.8, 4) is 0 Å². The number of hydrogen-bond donors (Lipinski definition) is 1. The Hall–Kier alpha value is -1.39. The van der Waals surface area contributed by atoms with E-state index in [-0.39, 0.29) is 17.4 Å². The SMILES string of the molecule is Cn1cnc2cc(C3(C4(CO)CC4)COC3)ccc21. The maximum atomic E-state index is 9.76. The van der Waals surface area contributed by atoms with E-state index in [0.29, 0.717) is 0 Å². The highest BCUT2D eigenvalue weighted by Crippen LogP contribution is 2.62. The number of rotatable bonds is 3. The summed E-state index contributed by atoms with van der Waals surface area (Å²) in [5, 5.41) is 9.76. The van der Waals surface area contributed by atoms with Crippen molar-refractivity contribution in [2.24, 2.45) is 12.5 Å². The summed E-state index contributed by atoms with van der Waals surface area (Å²) in [6, 6.07) is 6.49. The lowest BCUT2D eigenvalue weighted by atomic mass is 9.66. The first-order valence-corrected chi connectivity index (χ1v) is 6.81. The van der Waals surface area contributed by atoms with E-state index in [1.165, 1.54) is 5.56 Å². The molecule has 2 aliphatic rings. The van der Waals surface area contributed by atoms with Gasteiger partial charge in [-0.3, -0.25) is 0 Å². The summed E-state index contributed by atoms with van der Waals surface area (Å²) in [6.45, 7) is 1.72. The van der Waals surface area contributed by atoms with Gasteiger partial charge in [0.25, 0.3) is 0 Å². The molecule has 0 unspecified atom stereocenters. The topological polar surface area (TPSA) is 47.3 Å². The summed E-state index contributed by atoms with van der Waals surface area (Å²) in [7, 11) is 2.01. The van der Waals surface area contributed by atoms with Crippen molar-refractivity contribution < 1.29 is 9.84 Å². The molecule has 1 saturated heterocycles. The summed E-state index contributed by atoms with van der Waals surface area (Å²) in [5.74, 6) is 0. The first-order chi connectivity index (χ1) is 9.21. The van der Waals surface area contributed by atoms with E-state index < -0.39 is 0 Å². The molecule has 2 heterocycles. The minimum absolute atomic E-state index is 0.00740. The second-order valence-corrected chi connectivity index (χ2v) is 6.07. The summed E-state index contributed by atoms with van der Waals surface area (Å²) < 4.78 is 7.53. The van der Waals surface area contributed by atoms with Crippen LogP contribution >= 0.6 is 0 Å². The molecule has 1 aromatic carbocycles. The molecule has 1 aliphatic heterocycles. The van der Waals surface area contributed by atoms with E-state index in [0.717, 1.165) is 37.1 Å². The Morgan fingerprint density at radius 2 is 2.16 bits per heavy atom. The van der Waals surface area contributed by atoms with Crippen LogP contribution in [0.1, 0.15) is 18.4 Å². The Balaban J connectivity index is 1.84. The second-order valence-electron chi connectivity index (χ2n) is 6.07. The fourth-order valence-electron chi connectivity index (χ4n) is 3.46. The van der Waals surface area contributed by atoms with Gasteiger partial charge in [0.2, 0.25) is 0 Å². The first kappa shape index (κ1) is 11.4. The van der Waals surface area contributed by atoms with Crippen molar-refractivity contribution in [3.05, 3.63) is 30.1 Å². The van der Waals surface area contributed by atoms with E-state index in [1.54, 1.807) is 0 Å². The van der Waals surface area contributed by atoms with Crippen LogP contribution in [0.5, 0.6) is 0 Å². The molecule has 100 valence electrons. The van der Waals surface area contributed by atoms with Gasteiger partial charge in [0.15, 0.2) is 0 Å². The zero-order valence-corrected chi connectivity index (χ0v) is 11.1. The van der Waals surface area contributed by atoms with Crippen LogP contribution in [0.15, 0.2) is 24.5 Å². The van der Waals surface area contributed by atoms with Crippen molar-refractivity contribution >= 4 is 11.0 Å². The third-order valence-electron chi connectivity index (χ3n) is 5.15. The number of nitrogens with zero attached hydrogens (tertiary/aromatic N) is 2. The van der Waals surface area contributed by atoms with Crippen LogP contribution in [0.2, 0.25) is 0 Å². The molecular weight excluding hydrogens is 240 g/mol. The molecule has 0 atom stereocenters. The monoisotopic (exact) mass is 258 g/mol. The third kappa shape index (κ3) is 1.33. The van der Waals surface area contributed by atoms with Gasteiger partial charge in [-0.1, -0.05) is 6.07 Å². The van der Waals surface area contributed by atoms with Gasteiger partial charge in [-0.15, -0.1) is 0 Å². The molecule has 4 nitrogen and oxygen atoms in total. The molecule has 0 bridgehead atoms. The molecule has 19 heavy (non-hydrogen) atoms. The smallest absolute Gasteiger partial charge is 0.0955 e. The molecule has 1 saturated carbocycles. The summed E-state index contributed by atoms with van der Waals surface area (Å²) in [4.78, 5) is 4.44. The third-order valence-corrected chi connectivity index (χ3v) is 5.15. The second kappa shape index (κ2) is 3.58. The van der Waals surface area contributed by atoms with Gasteiger partial charge in [-0.2, -0.15) is 0 Å². The van der Waals surface area contributed by atoms with E-state index in [2.05, 4.69) is 23.2 Å². The lowest BCUT2D eigenvalue weighted by Crippen LogP contribution is -2.54. The highest BCUT2D eigenvalue weighted by Gasteiger charge is 2.63. The van der Waals surface area contributed by atoms with Crippen LogP contribution in [0, 0.1) is 5.41 Å². The zero-order valence-electron chi connectivity index (χ0n) is 11.1. The molecule has 1 N–H and O–H groups in total. The molecule has 1 aromatic heterocycles. The van der Waals surface area contributed by atoms with E-state index >= 15 is 0 Å². The summed E-state index contributed by atoms with van der Waals surface area (Å²) >= 11 is 0. The van der Waals surface area contributed by atoms with Crippen molar-refractivity contribution in [3.63, 3.8) is 0 Å². The minimum atomic E-state index is 0.00740. The van der Waals surface area contributed by atoms with E-state index in [9.17, 15) is 5.11 Å². The predicted molar refractivity (Wildman–Crippen MR) is 72.0 cm³/mol. The standard InChI is InChI=1S/C15H18N2O2/c1-17-10-16-12-6-11(2-3-13(12)17)15(8-19-9-15)14(7-18)4-5-14/h2-3,6,10,18H,4-5,7-9H2,1H3. The number of aromatic nitrogens is 2. The Bertz CT molecular complexity index is 639. The van der Waals surface area contributed by atoms with Crippen LogP contribution in [-0.2, 0) is 17.2 Å². The number of aliphatic hydroxyl groups excluding tert-OH is 1. The number of hydrogen-bond acceptors (Lipinski definition) is 3. The number of ether oxygens (including phenoxy) is 1. The Kier molecular flexibility index (Phi) is 2.16. The Labute approximate surface area is 112 Å². The van der Waals surface area contributed by atoms with Crippen molar-refractivity contribution in [1.29, 1.82) is 0 Å². The molecule has 4 heteroatoms. The van der Waals surface area contributed by atoms with Gasteiger partial charge in [-0.05, 0) is 30.5 Å². The largest absolute Gasteiger partial charge is 0.396 e. The van der Waals surface area contributed by atoms with Crippen LogP contribution in [-0.4, -0.2) is 34.5 Å². The number of imidazole rings is 1. The van der Waals surface area contributed by atoms with Gasteiger partial charge in [-0.25, -0.2) is 4.98 Å². The number of benzene rings is 1. The van der Waals surface area contributed by atoms with Gasteiger partial charge in [0.1, 0.15) is 0 Å². The van der Waals surface area contributed by atoms with Crippen LogP contribution in [0.4, 0.5) is 0 Å². The van der Waals surface area contributed by atoms with E-state index in [4.69, 9.17) is 4.74 Å². The van der Waals surface area contributed by atoms with Crippen LogP contribution in [0.25, 0.3) is 11.0 Å². The molecule has 2 fully saturated rings. The summed E-state index contributed by atoms with van der Waals surface area (Å²) in [5.41, 5.74) is 3.51. The Morgan fingerprint density at radius 1 is 1.37 bits per heavy atom. The number of aliphatic hydroxyl groups is 1. The quantitative estimate of drug-likeness (QED) is 0.910. The van der Waals surface area contributed by atoms with Gasteiger partial charge < -0.3 is 14.4 Å². The van der Waals surface area contributed by atoms with Crippen molar-refractivity contribution in [2.75, 3.05) is 19.8 Å². The first-order valence-electron chi connectivity index (χ1n) is 6.81. The maximum Gasteiger partial charge on any atom is 0.0955 e. The minimum Gasteiger partial charge on any atom is -0.396 e. The van der Waals surface area contributed by atoms with E-state index in [1.807, 2.05) is 17.9 Å². The lowest BCUT2D eigenvalue weighted by molar-refractivity contribution is -0.110. The maximum absolute atomic E-state index is 9.76. The fraction of sp³-hybridized carbons (Fsp3) is 0.533. The molecule has 2 aromatic rings. The molecule has 0 amide bonds. The number of aryl methyl sites for hydroxylation is 1. The molecule has 4 rings (SSSR count). The fourth-order valence-corrected chi connectivity index (χ4v) is 3.46. The van der Waals surface area contributed by atoms with Gasteiger partial charge in [0, 0.05) is 24.5 Å². The van der Waals surface area contributed by atoms with Gasteiger partial charge >= 0.3 is 0 Å². The average Bonchev–Trinajstić information content (AvgIpc) is 3.08. The van der Waals surface area contributed by atoms with Crippen molar-refractivity contribution in [2.45, 2.75) is 18.3 Å². The number of fused-ring (bicyclic) bond motifs is 1.